The van der Waals surface area contributed by atoms with Gasteiger partial charge >= 0.3 is 0 Å². The van der Waals surface area contributed by atoms with Gasteiger partial charge in [-0.1, -0.05) is 18.2 Å². The minimum atomic E-state index is -3.86. The third-order valence-corrected chi connectivity index (χ3v) is 9.77. The molecule has 1 atom stereocenters. The Morgan fingerprint density at radius 3 is 2.37 bits per heavy atom. The van der Waals surface area contributed by atoms with Gasteiger partial charge in [-0.05, 0) is 69.5 Å². The van der Waals surface area contributed by atoms with Gasteiger partial charge in [0.2, 0.25) is 15.9 Å². The molecule has 0 bridgehead atoms. The van der Waals surface area contributed by atoms with Gasteiger partial charge < -0.3 is 0 Å². The number of anilines is 2. The zero-order valence-corrected chi connectivity index (χ0v) is 18.9. The number of fused-ring (bicyclic) bond motifs is 1. The molecule has 1 fully saturated rings. The third kappa shape index (κ3) is 3.02. The first-order chi connectivity index (χ1) is 13.9. The average Bonchev–Trinajstić information content (AvgIpc) is 3.04. The van der Waals surface area contributed by atoms with Gasteiger partial charge in [0.25, 0.3) is 10.0 Å². The lowest BCUT2D eigenvalue weighted by atomic mass is 9.95. The highest BCUT2D eigenvalue weighted by Crippen LogP contribution is 2.39. The molecule has 1 unspecified atom stereocenters. The van der Waals surface area contributed by atoms with Crippen LogP contribution in [-0.2, 0) is 31.3 Å². The van der Waals surface area contributed by atoms with Crippen molar-refractivity contribution in [2.45, 2.75) is 45.1 Å². The Labute approximate surface area is 177 Å². The maximum atomic E-state index is 13.5. The van der Waals surface area contributed by atoms with Crippen molar-refractivity contribution in [2.75, 3.05) is 14.4 Å². The lowest BCUT2D eigenvalue weighted by Crippen LogP contribution is -2.36. The van der Waals surface area contributed by atoms with Gasteiger partial charge in [-0.3, -0.25) is 9.10 Å². The van der Waals surface area contributed by atoms with Crippen LogP contribution in [0.4, 0.5) is 11.4 Å². The molecule has 0 aliphatic carbocycles. The van der Waals surface area contributed by atoms with Crippen LogP contribution in [0.5, 0.6) is 0 Å². The zero-order chi connectivity index (χ0) is 22.1. The molecule has 0 aromatic heterocycles. The summed E-state index contributed by atoms with van der Waals surface area (Å²) in [6.07, 6.45) is 0.627. The number of carbonyl (C=O) groups is 1. The second-order valence-electron chi connectivity index (χ2n) is 8.64. The molecule has 7 nitrogen and oxygen atoms in total. The number of sulfonamides is 2. The highest BCUT2D eigenvalue weighted by Gasteiger charge is 2.50. The van der Waals surface area contributed by atoms with Crippen LogP contribution in [0.15, 0.2) is 47.4 Å². The summed E-state index contributed by atoms with van der Waals surface area (Å²) in [5.41, 5.74) is 1.16. The van der Waals surface area contributed by atoms with Crippen molar-refractivity contribution in [3.63, 3.8) is 0 Å². The van der Waals surface area contributed by atoms with Gasteiger partial charge in [-0.15, -0.1) is 0 Å². The maximum Gasteiger partial charge on any atom is 0.264 e. The fraction of sp³-hybridized carbons (Fsp3) is 0.381. The molecule has 2 aliphatic rings. The van der Waals surface area contributed by atoms with Gasteiger partial charge in [0.15, 0.2) is 0 Å². The van der Waals surface area contributed by atoms with Crippen molar-refractivity contribution < 1.29 is 21.6 Å². The Kier molecular flexibility index (Phi) is 4.56. The van der Waals surface area contributed by atoms with E-state index in [-0.39, 0.29) is 22.4 Å². The monoisotopic (exact) mass is 448 g/mol. The highest BCUT2D eigenvalue weighted by atomic mass is 32.2. The fourth-order valence-electron chi connectivity index (χ4n) is 4.32. The predicted octanol–water partition coefficient (Wildman–Crippen LogP) is 2.84. The normalized spacial score (nSPS) is 22.4. The van der Waals surface area contributed by atoms with Crippen LogP contribution in [0.25, 0.3) is 0 Å². The lowest BCUT2D eigenvalue weighted by Gasteiger charge is -2.26. The number of amides is 1. The zero-order valence-electron chi connectivity index (χ0n) is 17.3. The predicted molar refractivity (Wildman–Crippen MR) is 116 cm³/mol. The largest absolute Gasteiger partial charge is 0.273 e. The van der Waals surface area contributed by atoms with E-state index in [9.17, 15) is 21.6 Å². The van der Waals surface area contributed by atoms with E-state index in [2.05, 4.69) is 0 Å². The van der Waals surface area contributed by atoms with E-state index < -0.39 is 31.4 Å². The van der Waals surface area contributed by atoms with Crippen LogP contribution in [0.1, 0.15) is 31.9 Å². The molecule has 0 radical (unpaired) electrons. The first-order valence-electron chi connectivity index (χ1n) is 9.67. The summed E-state index contributed by atoms with van der Waals surface area (Å²) in [5.74, 6) is -0.792. The second-order valence-corrected chi connectivity index (χ2v) is 12.2. The number of rotatable bonds is 3. The van der Waals surface area contributed by atoms with Crippen LogP contribution >= 0.6 is 0 Å². The molecule has 1 saturated heterocycles. The number of nitrogens with zero attached hydrogens (tertiary/aromatic N) is 2. The molecule has 4 rings (SSSR count). The van der Waals surface area contributed by atoms with Gasteiger partial charge in [-0.2, -0.15) is 0 Å². The van der Waals surface area contributed by atoms with Crippen molar-refractivity contribution in [3.8, 4) is 0 Å². The summed E-state index contributed by atoms with van der Waals surface area (Å²) in [5, 5.41) is 0. The van der Waals surface area contributed by atoms with Crippen LogP contribution < -0.4 is 8.61 Å². The number of hydrogen-bond donors (Lipinski definition) is 0. The van der Waals surface area contributed by atoms with Crippen molar-refractivity contribution in [2.24, 2.45) is 5.41 Å². The second kappa shape index (κ2) is 6.55. The van der Waals surface area contributed by atoms with Crippen LogP contribution in [0, 0.1) is 12.3 Å². The SMILES string of the molecule is Cc1cc(N2C(=O)C(C)(C)CS2(=O)=O)ccc1S(=O)(=O)N1c2ccccc2CC1C. The Balaban J connectivity index is 1.77. The maximum absolute atomic E-state index is 13.5. The van der Waals surface area contributed by atoms with E-state index in [0.717, 1.165) is 9.87 Å². The van der Waals surface area contributed by atoms with Gasteiger partial charge in [0.05, 0.1) is 27.4 Å². The summed E-state index contributed by atoms with van der Waals surface area (Å²) < 4.78 is 54.3. The van der Waals surface area contributed by atoms with Crippen molar-refractivity contribution in [1.29, 1.82) is 0 Å². The molecule has 0 N–H and O–H groups in total. The van der Waals surface area contributed by atoms with E-state index in [0.29, 0.717) is 17.7 Å². The fourth-order valence-corrected chi connectivity index (χ4v) is 8.32. The molecule has 9 heteroatoms. The molecule has 0 spiro atoms. The van der Waals surface area contributed by atoms with Crippen molar-refractivity contribution in [3.05, 3.63) is 53.6 Å². The molecule has 2 heterocycles. The Morgan fingerprint density at radius 1 is 1.10 bits per heavy atom. The molecule has 30 heavy (non-hydrogen) atoms. The molecule has 0 saturated carbocycles. The summed E-state index contributed by atoms with van der Waals surface area (Å²) >= 11 is 0. The quantitative estimate of drug-likeness (QED) is 0.720. The smallest absolute Gasteiger partial charge is 0.264 e. The van der Waals surface area contributed by atoms with Crippen LogP contribution in [0.3, 0.4) is 0 Å². The highest BCUT2D eigenvalue weighted by molar-refractivity contribution is 7.94. The molecular weight excluding hydrogens is 424 g/mol. The van der Waals surface area contributed by atoms with Crippen LogP contribution in [-0.4, -0.2) is 34.5 Å². The standard InChI is InChI=1S/C21H24N2O5S2/c1-14-11-17(23-20(24)21(3,4)13-29(23,25)26)9-10-19(14)30(27,28)22-15(2)12-16-7-5-6-8-18(16)22/h5-11,15H,12-13H2,1-4H3. The van der Waals surface area contributed by atoms with Crippen molar-refractivity contribution >= 4 is 37.3 Å². The van der Waals surface area contributed by atoms with Gasteiger partial charge in [0, 0.05) is 6.04 Å². The van der Waals surface area contributed by atoms with Gasteiger partial charge in [-0.25, -0.2) is 21.1 Å². The van der Waals surface area contributed by atoms with E-state index in [1.807, 2.05) is 19.1 Å². The minimum absolute atomic E-state index is 0.0955. The van der Waals surface area contributed by atoms with E-state index in [1.165, 1.54) is 22.5 Å². The summed E-state index contributed by atoms with van der Waals surface area (Å²) in [6.45, 7) is 6.65. The molecule has 2 aromatic rings. The number of para-hydroxylation sites is 1. The van der Waals surface area contributed by atoms with Gasteiger partial charge in [0.1, 0.15) is 0 Å². The molecular formula is C21H24N2O5S2. The van der Waals surface area contributed by atoms with E-state index in [1.54, 1.807) is 32.9 Å². The first-order valence-corrected chi connectivity index (χ1v) is 12.7. The summed E-state index contributed by atoms with van der Waals surface area (Å²) in [7, 11) is -7.66. The van der Waals surface area contributed by atoms with E-state index >= 15 is 0 Å². The average molecular weight is 449 g/mol. The molecule has 1 amide bonds. The molecule has 2 aromatic carbocycles. The number of benzene rings is 2. The summed E-state index contributed by atoms with van der Waals surface area (Å²) in [6, 6.07) is 11.4. The van der Waals surface area contributed by atoms with E-state index in [4.69, 9.17) is 0 Å². The Morgan fingerprint density at radius 2 is 1.77 bits per heavy atom. The first kappa shape index (κ1) is 20.9. The third-order valence-electron chi connectivity index (χ3n) is 5.66. The van der Waals surface area contributed by atoms with Crippen LogP contribution in [0.2, 0.25) is 0 Å². The Hall–Kier alpha value is -2.39. The summed E-state index contributed by atoms with van der Waals surface area (Å²) in [4.78, 5) is 12.7. The molecule has 160 valence electrons. The minimum Gasteiger partial charge on any atom is -0.273 e. The Bertz CT molecular complexity index is 1270. The number of aryl methyl sites for hydroxylation is 1. The molecule has 2 aliphatic heterocycles. The van der Waals surface area contributed by atoms with Crippen molar-refractivity contribution in [1.82, 2.24) is 0 Å². The lowest BCUT2D eigenvalue weighted by molar-refractivity contribution is -0.123. The topological polar surface area (TPSA) is 91.8 Å². The number of hydrogen-bond acceptors (Lipinski definition) is 5. The number of carbonyl (C=O) groups excluding carboxylic acids is 1.